The number of hydrogen-bond acceptors (Lipinski definition) is 3. The number of carbonyl (C=O) groups is 2. The molecule has 0 saturated carbocycles. The molecule has 4 nitrogen and oxygen atoms in total. The molecule has 0 atom stereocenters. The summed E-state index contributed by atoms with van der Waals surface area (Å²) < 4.78 is 2.36. The number of benzene rings is 1. The summed E-state index contributed by atoms with van der Waals surface area (Å²) in [7, 11) is 6.79. The van der Waals surface area contributed by atoms with Crippen molar-refractivity contribution in [2.75, 3.05) is 28.2 Å². The topological polar surface area (TPSA) is 40.6 Å². The molecule has 2 amide bonds. The first-order chi connectivity index (χ1) is 10.2. The Labute approximate surface area is 157 Å². The quantitative estimate of drug-likeness (QED) is 0.552. The van der Waals surface area contributed by atoms with Gasteiger partial charge in [0.15, 0.2) is 0 Å². The van der Waals surface area contributed by atoms with Crippen molar-refractivity contribution in [1.29, 1.82) is 0 Å². The number of thiophene rings is 1. The summed E-state index contributed by atoms with van der Waals surface area (Å²) in [5, 5.41) is 1.50. The van der Waals surface area contributed by atoms with Crippen LogP contribution in [0.3, 0.4) is 0 Å². The molecule has 0 aliphatic carbocycles. The van der Waals surface area contributed by atoms with E-state index in [4.69, 9.17) is 0 Å². The molecule has 1 aromatic heterocycles. The molecule has 22 heavy (non-hydrogen) atoms. The summed E-state index contributed by atoms with van der Waals surface area (Å²) in [4.78, 5) is 29.1. The lowest BCUT2D eigenvalue weighted by Gasteiger charge is -2.10. The van der Waals surface area contributed by atoms with E-state index in [9.17, 15) is 9.59 Å². The maximum atomic E-state index is 12.5. The zero-order valence-corrected chi connectivity index (χ0v) is 17.9. The summed E-state index contributed by atoms with van der Waals surface area (Å²) in [6, 6.07) is 1.87. The lowest BCUT2D eigenvalue weighted by Crippen LogP contribution is -2.21. The number of carbonyl (C=O) groups excluding carboxylic acids is 2. The Bertz CT molecular complexity index is 784. The highest BCUT2D eigenvalue weighted by Gasteiger charge is 2.27. The van der Waals surface area contributed by atoms with Crippen molar-refractivity contribution < 1.29 is 9.59 Å². The van der Waals surface area contributed by atoms with E-state index in [1.54, 1.807) is 28.2 Å². The summed E-state index contributed by atoms with van der Waals surface area (Å²) in [5.74, 6) is -0.249. The van der Waals surface area contributed by atoms with Crippen LogP contribution in [-0.4, -0.2) is 49.8 Å². The van der Waals surface area contributed by atoms with Crippen molar-refractivity contribution in [2.24, 2.45) is 0 Å². The first-order valence-corrected chi connectivity index (χ1v) is 9.39. The fourth-order valence-corrected chi connectivity index (χ4v) is 5.44. The van der Waals surface area contributed by atoms with E-state index in [1.807, 2.05) is 6.07 Å². The van der Waals surface area contributed by atoms with Gasteiger partial charge in [-0.25, -0.2) is 0 Å². The SMILES string of the molecule is CN(C)C(=O)c1sc(C(=O)N(C)C)c2c(Br)c(Br)cc(Br)c12. The summed E-state index contributed by atoms with van der Waals surface area (Å²) in [6.07, 6.45) is 0. The number of halogens is 3. The van der Waals surface area contributed by atoms with Gasteiger partial charge in [-0.15, -0.1) is 11.3 Å². The van der Waals surface area contributed by atoms with Gasteiger partial charge in [-0.1, -0.05) is 15.9 Å². The number of rotatable bonds is 2. The summed E-state index contributed by atoms with van der Waals surface area (Å²) in [6.45, 7) is 0. The van der Waals surface area contributed by atoms with Crippen LogP contribution < -0.4 is 0 Å². The van der Waals surface area contributed by atoms with Gasteiger partial charge in [0.2, 0.25) is 0 Å². The molecule has 0 radical (unpaired) electrons. The van der Waals surface area contributed by atoms with Crippen LogP contribution in [0.15, 0.2) is 19.5 Å². The van der Waals surface area contributed by atoms with Crippen molar-refractivity contribution >= 4 is 81.7 Å². The van der Waals surface area contributed by atoms with Gasteiger partial charge in [0.1, 0.15) is 9.75 Å². The Morgan fingerprint density at radius 3 is 1.77 bits per heavy atom. The van der Waals surface area contributed by atoms with Crippen LogP contribution in [0.5, 0.6) is 0 Å². The molecule has 0 N–H and O–H groups in total. The third-order valence-corrected chi connectivity index (χ3v) is 6.80. The first-order valence-electron chi connectivity index (χ1n) is 6.20. The minimum Gasteiger partial charge on any atom is -0.344 e. The zero-order valence-electron chi connectivity index (χ0n) is 12.3. The second-order valence-corrected chi connectivity index (χ2v) is 8.59. The number of fused-ring (bicyclic) bond motifs is 1. The average molecular weight is 513 g/mol. The molecular formula is C14H13Br3N2O2S. The minimum absolute atomic E-state index is 0.122. The van der Waals surface area contributed by atoms with Crippen LogP contribution in [0.1, 0.15) is 19.3 Å². The second-order valence-electron chi connectivity index (χ2n) is 5.06. The monoisotopic (exact) mass is 510 g/mol. The molecular weight excluding hydrogens is 500 g/mol. The zero-order chi connectivity index (χ0) is 16.8. The largest absolute Gasteiger partial charge is 0.344 e. The van der Waals surface area contributed by atoms with Gasteiger partial charge in [-0.2, -0.15) is 0 Å². The van der Waals surface area contributed by atoms with Gasteiger partial charge >= 0.3 is 0 Å². The van der Waals surface area contributed by atoms with E-state index < -0.39 is 0 Å². The predicted octanol–water partition coefficient (Wildman–Crippen LogP) is 4.59. The molecule has 0 unspecified atom stereocenters. The van der Waals surface area contributed by atoms with Crippen LogP contribution in [0.25, 0.3) is 10.8 Å². The number of nitrogens with zero attached hydrogens (tertiary/aromatic N) is 2. The van der Waals surface area contributed by atoms with Gasteiger partial charge in [0, 0.05) is 52.4 Å². The minimum atomic E-state index is -0.126. The Morgan fingerprint density at radius 1 is 0.864 bits per heavy atom. The van der Waals surface area contributed by atoms with Crippen molar-refractivity contribution in [1.82, 2.24) is 9.80 Å². The van der Waals surface area contributed by atoms with Crippen molar-refractivity contribution in [2.45, 2.75) is 0 Å². The standard InChI is InChI=1S/C14H13Br3N2O2S/c1-18(2)13(20)11-8-6(15)5-7(16)10(17)9(8)12(22-11)14(21)19(3)4/h5H,1-4H3. The Morgan fingerprint density at radius 2 is 1.32 bits per heavy atom. The fourth-order valence-electron chi connectivity index (χ4n) is 1.94. The highest BCUT2D eigenvalue weighted by Crippen LogP contribution is 2.44. The molecule has 1 aromatic carbocycles. The predicted molar refractivity (Wildman–Crippen MR) is 101 cm³/mol. The smallest absolute Gasteiger partial charge is 0.264 e. The molecule has 0 aliphatic rings. The van der Waals surface area contributed by atoms with Crippen LogP contribution in [0, 0.1) is 0 Å². The van der Waals surface area contributed by atoms with Crippen LogP contribution in [0.4, 0.5) is 0 Å². The van der Waals surface area contributed by atoms with Crippen LogP contribution in [0.2, 0.25) is 0 Å². The normalized spacial score (nSPS) is 10.9. The Balaban J connectivity index is 2.93. The third kappa shape index (κ3) is 2.98. The van der Waals surface area contributed by atoms with Crippen molar-refractivity contribution in [3.05, 3.63) is 29.2 Å². The van der Waals surface area contributed by atoms with Gasteiger partial charge < -0.3 is 9.80 Å². The van der Waals surface area contributed by atoms with Gasteiger partial charge in [-0.3, -0.25) is 9.59 Å². The maximum Gasteiger partial charge on any atom is 0.264 e. The first kappa shape index (κ1) is 17.9. The van der Waals surface area contributed by atoms with E-state index in [2.05, 4.69) is 47.8 Å². The molecule has 2 aromatic rings. The molecule has 0 aliphatic heterocycles. The van der Waals surface area contributed by atoms with Crippen molar-refractivity contribution in [3.63, 3.8) is 0 Å². The molecule has 0 bridgehead atoms. The molecule has 1 heterocycles. The molecule has 0 saturated heterocycles. The van der Waals surface area contributed by atoms with Gasteiger partial charge in [0.25, 0.3) is 11.8 Å². The van der Waals surface area contributed by atoms with E-state index in [-0.39, 0.29) is 11.8 Å². The molecule has 118 valence electrons. The number of hydrogen-bond donors (Lipinski definition) is 0. The summed E-state index contributed by atoms with van der Waals surface area (Å²) in [5.41, 5.74) is 0. The lowest BCUT2D eigenvalue weighted by molar-refractivity contribution is 0.0829. The summed E-state index contributed by atoms with van der Waals surface area (Å²) >= 11 is 11.7. The van der Waals surface area contributed by atoms with Crippen LogP contribution >= 0.6 is 59.1 Å². The van der Waals surface area contributed by atoms with Gasteiger partial charge in [-0.05, 0) is 37.9 Å². The second kappa shape index (κ2) is 6.59. The van der Waals surface area contributed by atoms with E-state index in [1.165, 1.54) is 21.1 Å². The van der Waals surface area contributed by atoms with Crippen LogP contribution in [-0.2, 0) is 0 Å². The average Bonchev–Trinajstić information content (AvgIpc) is 2.83. The molecule has 0 spiro atoms. The van der Waals surface area contributed by atoms with E-state index in [0.717, 1.165) is 24.2 Å². The highest BCUT2D eigenvalue weighted by atomic mass is 79.9. The van der Waals surface area contributed by atoms with E-state index in [0.29, 0.717) is 9.75 Å². The van der Waals surface area contributed by atoms with Crippen molar-refractivity contribution in [3.8, 4) is 0 Å². The fraction of sp³-hybridized carbons (Fsp3) is 0.286. The Hall–Kier alpha value is -0.440. The third-order valence-electron chi connectivity index (χ3n) is 3.03. The molecule has 8 heteroatoms. The maximum absolute atomic E-state index is 12.5. The van der Waals surface area contributed by atoms with E-state index >= 15 is 0 Å². The Kier molecular flexibility index (Phi) is 5.36. The highest BCUT2D eigenvalue weighted by molar-refractivity contribution is 9.13. The molecule has 2 rings (SSSR count). The van der Waals surface area contributed by atoms with Gasteiger partial charge in [0.05, 0.1) is 0 Å². The number of amides is 2. The lowest BCUT2D eigenvalue weighted by atomic mass is 10.1. The molecule has 0 fully saturated rings.